The number of hydrogen-bond acceptors (Lipinski definition) is 12. The number of aromatic nitrogens is 4. The van der Waals surface area contributed by atoms with Crippen molar-refractivity contribution in [1.29, 1.82) is 0 Å². The number of sulfonamides is 2. The summed E-state index contributed by atoms with van der Waals surface area (Å²) in [5.41, 5.74) is 12.0. The van der Waals surface area contributed by atoms with Crippen molar-refractivity contribution in [2.24, 2.45) is 0 Å². The molecule has 0 amide bonds. The number of nitrogens with zero attached hydrogens (tertiary/aromatic N) is 4. The molecule has 0 saturated carbocycles. The van der Waals surface area contributed by atoms with Crippen molar-refractivity contribution in [2.75, 3.05) is 35.1 Å². The smallest absolute Gasteiger partial charge is 0.264 e. The number of benzene rings is 2. The predicted octanol–water partition coefficient (Wildman–Crippen LogP) is 2.04. The van der Waals surface area contributed by atoms with Crippen molar-refractivity contribution in [1.82, 2.24) is 19.9 Å². The van der Waals surface area contributed by atoms with E-state index in [0.717, 1.165) is 0 Å². The average molecular weight is 575 g/mol. The second-order valence-corrected chi connectivity index (χ2v) is 11.0. The monoisotopic (exact) mass is 574 g/mol. The summed E-state index contributed by atoms with van der Waals surface area (Å²) in [6.07, 6.45) is 2.74. The molecule has 2 aromatic heterocycles. The van der Waals surface area contributed by atoms with Crippen LogP contribution in [0.5, 0.6) is 11.6 Å². The van der Waals surface area contributed by atoms with Crippen LogP contribution < -0.4 is 30.4 Å². The summed E-state index contributed by atoms with van der Waals surface area (Å²) in [6, 6.07) is 13.1. The van der Waals surface area contributed by atoms with Gasteiger partial charge in [-0.15, -0.1) is 0 Å². The van der Waals surface area contributed by atoms with Gasteiger partial charge in [0.2, 0.25) is 11.8 Å². The summed E-state index contributed by atoms with van der Waals surface area (Å²) in [5.74, 6) is 1.24. The van der Waals surface area contributed by atoms with Crippen LogP contribution in [0.3, 0.4) is 0 Å². The van der Waals surface area contributed by atoms with Gasteiger partial charge in [-0.3, -0.25) is 4.72 Å². The quantitative estimate of drug-likeness (QED) is 0.222. The minimum Gasteiger partial charge on any atom is -0.494 e. The number of methoxy groups -OCH3 is 2. The molecular weight excluding hydrogens is 548 g/mol. The molecule has 206 valence electrons. The van der Waals surface area contributed by atoms with Crippen LogP contribution in [0.4, 0.5) is 23.1 Å². The molecule has 0 spiro atoms. The zero-order valence-electron chi connectivity index (χ0n) is 21.1. The fourth-order valence-electron chi connectivity index (χ4n) is 2.84. The van der Waals surface area contributed by atoms with Crippen molar-refractivity contribution in [3.05, 3.63) is 72.8 Å². The second kappa shape index (κ2) is 12.2. The van der Waals surface area contributed by atoms with E-state index in [1.54, 1.807) is 6.92 Å². The molecule has 2 heterocycles. The third kappa shape index (κ3) is 8.14. The third-order valence-electron chi connectivity index (χ3n) is 4.73. The number of nitrogen functional groups attached to an aromatic ring is 2. The summed E-state index contributed by atoms with van der Waals surface area (Å²) in [6.45, 7) is 1.64. The van der Waals surface area contributed by atoms with Gasteiger partial charge in [-0.2, -0.15) is 4.98 Å². The maximum absolute atomic E-state index is 12.2. The molecule has 0 aliphatic rings. The van der Waals surface area contributed by atoms with Crippen LogP contribution in [0, 0.1) is 6.92 Å². The highest BCUT2D eigenvalue weighted by atomic mass is 32.2. The van der Waals surface area contributed by atoms with E-state index >= 15 is 0 Å². The molecule has 4 rings (SSSR count). The molecule has 2 aromatic carbocycles. The minimum atomic E-state index is -3.72. The number of ether oxygens (including phenoxy) is 2. The molecule has 0 unspecified atom stereocenters. The first-order chi connectivity index (χ1) is 18.4. The molecular formula is C23H26N8O6S2. The van der Waals surface area contributed by atoms with Crippen molar-refractivity contribution < 1.29 is 26.3 Å². The molecule has 0 bridgehead atoms. The Hall–Kier alpha value is -4.70. The van der Waals surface area contributed by atoms with E-state index in [0.29, 0.717) is 22.9 Å². The zero-order chi connectivity index (χ0) is 28.6. The first kappa shape index (κ1) is 28.9. The van der Waals surface area contributed by atoms with Crippen LogP contribution in [-0.2, 0) is 20.0 Å². The van der Waals surface area contributed by atoms with Crippen LogP contribution in [0.25, 0.3) is 0 Å². The minimum absolute atomic E-state index is 0.0300. The standard InChI is InChI=1S/C12H14N4O3S.C11H12N4O3S/c1-8-14-11(7-12(15-8)19-2)16-20(17,18)10-5-3-9(13)4-6-10;1-18-9-6-13-11(14-7-9)15-19(16,17)10-4-2-8(12)3-5-10/h3-7H,13H2,1-2H3,(H,14,15,16);2-7H,12H2,1H3,(H,13,14,15). The number of rotatable bonds is 8. The molecule has 0 atom stereocenters. The van der Waals surface area contributed by atoms with E-state index in [4.69, 9.17) is 20.9 Å². The lowest BCUT2D eigenvalue weighted by Gasteiger charge is -2.09. The Balaban J connectivity index is 0.000000216. The Bertz CT molecular complexity index is 1620. The van der Waals surface area contributed by atoms with Gasteiger partial charge in [0.25, 0.3) is 20.0 Å². The van der Waals surface area contributed by atoms with Crippen molar-refractivity contribution in [3.63, 3.8) is 0 Å². The Labute approximate surface area is 225 Å². The first-order valence-electron chi connectivity index (χ1n) is 10.9. The van der Waals surface area contributed by atoms with Gasteiger partial charge in [0.05, 0.1) is 36.4 Å². The van der Waals surface area contributed by atoms with Crippen LogP contribution in [-0.4, -0.2) is 51.0 Å². The lowest BCUT2D eigenvalue weighted by Crippen LogP contribution is -2.15. The van der Waals surface area contributed by atoms with Crippen LogP contribution in [0.2, 0.25) is 0 Å². The molecule has 4 aromatic rings. The Morgan fingerprint density at radius 3 is 1.67 bits per heavy atom. The van der Waals surface area contributed by atoms with Crippen LogP contribution in [0.1, 0.15) is 5.82 Å². The first-order valence-corrected chi connectivity index (χ1v) is 13.9. The van der Waals surface area contributed by atoms with Gasteiger partial charge in [0, 0.05) is 17.4 Å². The Morgan fingerprint density at radius 2 is 1.21 bits per heavy atom. The number of nitrogens with one attached hydrogen (secondary N) is 2. The summed E-state index contributed by atoms with van der Waals surface area (Å²) < 4.78 is 62.8. The number of nitrogens with two attached hydrogens (primary N) is 2. The topological polar surface area (TPSA) is 214 Å². The van der Waals surface area contributed by atoms with E-state index in [1.807, 2.05) is 0 Å². The van der Waals surface area contributed by atoms with Gasteiger partial charge in [0.1, 0.15) is 11.6 Å². The molecule has 0 radical (unpaired) electrons. The molecule has 0 aliphatic heterocycles. The number of aryl methyl sites for hydroxylation is 1. The molecule has 0 saturated heterocycles. The summed E-state index contributed by atoms with van der Waals surface area (Å²) >= 11 is 0. The normalized spacial score (nSPS) is 11.1. The van der Waals surface area contributed by atoms with Crippen molar-refractivity contribution in [3.8, 4) is 11.6 Å². The van der Waals surface area contributed by atoms with Crippen LogP contribution in [0.15, 0.2) is 76.8 Å². The van der Waals surface area contributed by atoms with Crippen molar-refractivity contribution in [2.45, 2.75) is 16.7 Å². The molecule has 0 fully saturated rings. The fourth-order valence-corrected chi connectivity index (χ4v) is 4.79. The Morgan fingerprint density at radius 1 is 0.718 bits per heavy atom. The summed E-state index contributed by atoms with van der Waals surface area (Å²) in [7, 11) is -4.53. The second-order valence-electron chi connectivity index (χ2n) is 7.64. The summed E-state index contributed by atoms with van der Waals surface area (Å²) in [5, 5.41) is 0. The van der Waals surface area contributed by atoms with E-state index < -0.39 is 20.0 Å². The highest BCUT2D eigenvalue weighted by Gasteiger charge is 2.16. The van der Waals surface area contributed by atoms with E-state index in [-0.39, 0.29) is 27.4 Å². The molecule has 14 nitrogen and oxygen atoms in total. The fraction of sp³-hybridized carbons (Fsp3) is 0.130. The van der Waals surface area contributed by atoms with E-state index in [9.17, 15) is 16.8 Å². The SMILES string of the molecule is COc1cc(NS(=O)(=O)c2ccc(N)cc2)nc(C)n1.COc1cnc(NS(=O)(=O)c2ccc(N)cc2)nc1. The maximum Gasteiger partial charge on any atom is 0.264 e. The number of anilines is 4. The van der Waals surface area contributed by atoms with Gasteiger partial charge >= 0.3 is 0 Å². The van der Waals surface area contributed by atoms with Gasteiger partial charge in [-0.1, -0.05) is 0 Å². The molecule has 39 heavy (non-hydrogen) atoms. The number of hydrogen-bond donors (Lipinski definition) is 4. The lowest BCUT2D eigenvalue weighted by molar-refractivity contribution is 0.396. The highest BCUT2D eigenvalue weighted by molar-refractivity contribution is 7.93. The van der Waals surface area contributed by atoms with Crippen molar-refractivity contribution >= 4 is 43.2 Å². The molecule has 0 aliphatic carbocycles. The average Bonchev–Trinajstić information content (AvgIpc) is 2.89. The highest BCUT2D eigenvalue weighted by Crippen LogP contribution is 2.19. The zero-order valence-corrected chi connectivity index (χ0v) is 22.7. The van der Waals surface area contributed by atoms with E-state index in [2.05, 4.69) is 29.4 Å². The summed E-state index contributed by atoms with van der Waals surface area (Å²) in [4.78, 5) is 15.8. The predicted molar refractivity (Wildman–Crippen MR) is 145 cm³/mol. The maximum atomic E-state index is 12.2. The van der Waals surface area contributed by atoms with Crippen LogP contribution >= 0.6 is 0 Å². The van der Waals surface area contributed by atoms with E-state index in [1.165, 1.54) is 81.2 Å². The molecule has 16 heteroatoms. The largest absolute Gasteiger partial charge is 0.494 e. The Kier molecular flexibility index (Phi) is 9.05. The van der Waals surface area contributed by atoms with Gasteiger partial charge in [-0.05, 0) is 55.5 Å². The van der Waals surface area contributed by atoms with Gasteiger partial charge in [0.15, 0.2) is 5.75 Å². The third-order valence-corrected chi connectivity index (χ3v) is 7.45. The van der Waals surface area contributed by atoms with Gasteiger partial charge in [-0.25, -0.2) is 36.5 Å². The van der Waals surface area contributed by atoms with Gasteiger partial charge < -0.3 is 20.9 Å². The lowest BCUT2D eigenvalue weighted by atomic mass is 10.3. The molecule has 6 N–H and O–H groups in total.